The summed E-state index contributed by atoms with van der Waals surface area (Å²) in [7, 11) is 3.15. The summed E-state index contributed by atoms with van der Waals surface area (Å²) >= 11 is 12.1. The molecule has 0 saturated carbocycles. The topological polar surface area (TPSA) is 45.7 Å². The highest BCUT2D eigenvalue weighted by Crippen LogP contribution is 2.39. The van der Waals surface area contributed by atoms with Gasteiger partial charge in [-0.2, -0.15) is 0 Å². The molecule has 1 aliphatic rings. The monoisotopic (exact) mass is 581 g/mol. The maximum atomic E-state index is 13.0. The Bertz CT molecular complexity index is 1370. The van der Waals surface area contributed by atoms with Crippen LogP contribution in [0.25, 0.3) is 0 Å². The molecule has 1 fully saturated rings. The van der Waals surface area contributed by atoms with Gasteiger partial charge >= 0.3 is 0 Å². The molecular formula is C29H25Cl2N3O2S2. The SMILES string of the molecule is O=C(c1ccc(Oc2ccc(SSc3ccc(Cl)c(Cl)c3)cn2)cc1)N1CCN(Cc2ccccc2)CC1. The van der Waals surface area contributed by atoms with Crippen LogP contribution in [0.4, 0.5) is 0 Å². The van der Waals surface area contributed by atoms with E-state index in [0.717, 1.165) is 42.5 Å². The van der Waals surface area contributed by atoms with Gasteiger partial charge in [-0.1, -0.05) is 75.1 Å². The molecule has 4 aromatic rings. The van der Waals surface area contributed by atoms with Crippen molar-refractivity contribution in [1.29, 1.82) is 0 Å². The first-order valence-corrected chi connectivity index (χ1v) is 15.0. The molecule has 0 bridgehead atoms. The van der Waals surface area contributed by atoms with E-state index in [1.165, 1.54) is 5.56 Å². The van der Waals surface area contributed by atoms with Gasteiger partial charge in [-0.3, -0.25) is 9.69 Å². The van der Waals surface area contributed by atoms with Crippen molar-refractivity contribution in [1.82, 2.24) is 14.8 Å². The number of rotatable bonds is 8. The molecule has 194 valence electrons. The molecule has 5 nitrogen and oxygen atoms in total. The average Bonchev–Trinajstić information content (AvgIpc) is 2.95. The van der Waals surface area contributed by atoms with Gasteiger partial charge < -0.3 is 9.64 Å². The van der Waals surface area contributed by atoms with Crippen molar-refractivity contribution in [2.45, 2.75) is 16.3 Å². The van der Waals surface area contributed by atoms with Crippen LogP contribution < -0.4 is 4.74 Å². The molecule has 0 spiro atoms. The van der Waals surface area contributed by atoms with Crippen molar-refractivity contribution >= 4 is 50.7 Å². The Morgan fingerprint density at radius 2 is 1.53 bits per heavy atom. The lowest BCUT2D eigenvalue weighted by atomic mass is 10.1. The Morgan fingerprint density at radius 3 is 2.21 bits per heavy atom. The van der Waals surface area contributed by atoms with Crippen molar-refractivity contribution in [2.75, 3.05) is 26.2 Å². The second kappa shape index (κ2) is 12.9. The van der Waals surface area contributed by atoms with Gasteiger partial charge in [0.1, 0.15) is 5.75 Å². The smallest absolute Gasteiger partial charge is 0.253 e. The standard InChI is InChI=1S/C29H25Cl2N3O2S2/c30-26-12-10-24(18-27(26)31)37-38-25-11-13-28(32-19-25)36-23-8-6-22(7-9-23)29(35)34-16-14-33(15-17-34)20-21-4-2-1-3-5-21/h1-13,18-19H,14-17,20H2. The number of amides is 1. The molecule has 0 aliphatic carbocycles. The summed E-state index contributed by atoms with van der Waals surface area (Å²) in [6.45, 7) is 4.10. The van der Waals surface area contributed by atoms with Gasteiger partial charge in [0, 0.05) is 60.3 Å². The fraction of sp³-hybridized carbons (Fsp3) is 0.172. The van der Waals surface area contributed by atoms with Crippen LogP contribution in [-0.2, 0) is 6.54 Å². The third-order valence-electron chi connectivity index (χ3n) is 6.07. The van der Waals surface area contributed by atoms with Gasteiger partial charge in [-0.15, -0.1) is 0 Å². The van der Waals surface area contributed by atoms with Crippen LogP contribution in [0.2, 0.25) is 10.0 Å². The molecule has 0 atom stereocenters. The number of carbonyl (C=O) groups is 1. The van der Waals surface area contributed by atoms with Gasteiger partial charge in [0.15, 0.2) is 0 Å². The second-order valence-electron chi connectivity index (χ2n) is 8.76. The molecule has 0 unspecified atom stereocenters. The van der Waals surface area contributed by atoms with E-state index in [2.05, 4.69) is 34.1 Å². The van der Waals surface area contributed by atoms with Crippen LogP contribution >= 0.6 is 44.8 Å². The minimum absolute atomic E-state index is 0.0508. The first kappa shape index (κ1) is 26.9. The fourth-order valence-corrected chi connectivity index (χ4v) is 6.27. The average molecular weight is 583 g/mol. The van der Waals surface area contributed by atoms with Crippen molar-refractivity contribution in [2.24, 2.45) is 0 Å². The lowest BCUT2D eigenvalue weighted by Gasteiger charge is -2.34. The van der Waals surface area contributed by atoms with Crippen molar-refractivity contribution < 1.29 is 9.53 Å². The molecular weight excluding hydrogens is 557 g/mol. The largest absolute Gasteiger partial charge is 0.439 e. The summed E-state index contributed by atoms with van der Waals surface area (Å²) in [4.78, 5) is 23.7. The Hall–Kier alpha value is -2.68. The summed E-state index contributed by atoms with van der Waals surface area (Å²) in [6.07, 6.45) is 1.76. The highest BCUT2D eigenvalue weighted by Gasteiger charge is 2.22. The van der Waals surface area contributed by atoms with E-state index in [-0.39, 0.29) is 5.91 Å². The first-order chi connectivity index (χ1) is 18.5. The minimum Gasteiger partial charge on any atom is -0.439 e. The van der Waals surface area contributed by atoms with Crippen molar-refractivity contribution in [3.63, 3.8) is 0 Å². The number of pyridine rings is 1. The van der Waals surface area contributed by atoms with E-state index in [0.29, 0.717) is 27.2 Å². The molecule has 38 heavy (non-hydrogen) atoms. The minimum atomic E-state index is 0.0508. The summed E-state index contributed by atoms with van der Waals surface area (Å²) in [5.41, 5.74) is 1.96. The maximum absolute atomic E-state index is 13.0. The summed E-state index contributed by atoms with van der Waals surface area (Å²) in [5, 5.41) is 1.08. The van der Waals surface area contributed by atoms with Gasteiger partial charge in [0.2, 0.25) is 5.88 Å². The van der Waals surface area contributed by atoms with E-state index in [1.807, 2.05) is 59.5 Å². The molecule has 2 heterocycles. The zero-order valence-corrected chi connectivity index (χ0v) is 23.6. The Labute approximate surface area is 240 Å². The second-order valence-corrected chi connectivity index (χ2v) is 11.8. The van der Waals surface area contributed by atoms with Crippen LogP contribution in [0.3, 0.4) is 0 Å². The van der Waals surface area contributed by atoms with Crippen LogP contribution in [-0.4, -0.2) is 46.9 Å². The summed E-state index contributed by atoms with van der Waals surface area (Å²) in [6, 6.07) is 27.0. The molecule has 1 aliphatic heterocycles. The zero-order valence-electron chi connectivity index (χ0n) is 20.4. The number of hydrogen-bond donors (Lipinski definition) is 0. The number of aromatic nitrogens is 1. The predicted octanol–water partition coefficient (Wildman–Crippen LogP) is 7.94. The zero-order chi connectivity index (χ0) is 26.3. The molecule has 0 radical (unpaired) electrons. The van der Waals surface area contributed by atoms with E-state index < -0.39 is 0 Å². The van der Waals surface area contributed by atoms with Gasteiger partial charge in [0.05, 0.1) is 10.0 Å². The Kier molecular flexibility index (Phi) is 9.14. The summed E-state index contributed by atoms with van der Waals surface area (Å²) in [5.74, 6) is 1.17. The maximum Gasteiger partial charge on any atom is 0.253 e. The normalized spacial score (nSPS) is 13.9. The molecule has 3 aromatic carbocycles. The molecule has 5 rings (SSSR count). The quantitative estimate of drug-likeness (QED) is 0.197. The number of piperazine rings is 1. The third kappa shape index (κ3) is 7.24. The predicted molar refractivity (Wildman–Crippen MR) is 157 cm³/mol. The first-order valence-electron chi connectivity index (χ1n) is 12.1. The number of ether oxygens (including phenoxy) is 1. The van der Waals surface area contributed by atoms with E-state index in [4.69, 9.17) is 27.9 Å². The Morgan fingerprint density at radius 1 is 0.816 bits per heavy atom. The van der Waals surface area contributed by atoms with Gasteiger partial charge in [-0.25, -0.2) is 4.98 Å². The lowest BCUT2D eigenvalue weighted by molar-refractivity contribution is 0.0628. The van der Waals surface area contributed by atoms with Crippen molar-refractivity contribution in [3.8, 4) is 11.6 Å². The molecule has 1 saturated heterocycles. The number of nitrogens with zero attached hydrogens (tertiary/aromatic N) is 3. The highest BCUT2D eigenvalue weighted by atomic mass is 35.5. The Balaban J connectivity index is 1.10. The lowest BCUT2D eigenvalue weighted by Crippen LogP contribution is -2.48. The molecule has 0 N–H and O–H groups in total. The molecule has 9 heteroatoms. The van der Waals surface area contributed by atoms with Crippen LogP contribution in [0.15, 0.2) is 101 Å². The highest BCUT2D eigenvalue weighted by molar-refractivity contribution is 8.76. The molecule has 1 amide bonds. The third-order valence-corrected chi connectivity index (χ3v) is 9.17. The number of carbonyl (C=O) groups excluding carboxylic acids is 1. The van der Waals surface area contributed by atoms with E-state index >= 15 is 0 Å². The van der Waals surface area contributed by atoms with Crippen LogP contribution in [0.1, 0.15) is 15.9 Å². The van der Waals surface area contributed by atoms with Crippen LogP contribution in [0.5, 0.6) is 11.6 Å². The van der Waals surface area contributed by atoms with Gasteiger partial charge in [-0.05, 0) is 54.1 Å². The van der Waals surface area contributed by atoms with E-state index in [9.17, 15) is 4.79 Å². The number of halogens is 2. The van der Waals surface area contributed by atoms with Crippen molar-refractivity contribution in [3.05, 3.63) is 112 Å². The fourth-order valence-electron chi connectivity index (χ4n) is 4.02. The van der Waals surface area contributed by atoms with Crippen LogP contribution in [0, 0.1) is 0 Å². The summed E-state index contributed by atoms with van der Waals surface area (Å²) < 4.78 is 5.89. The van der Waals surface area contributed by atoms with E-state index in [1.54, 1.807) is 33.9 Å². The number of hydrogen-bond acceptors (Lipinski definition) is 6. The number of benzene rings is 3. The van der Waals surface area contributed by atoms with Gasteiger partial charge in [0.25, 0.3) is 5.91 Å². The molecule has 1 aromatic heterocycles.